The molecular weight excluding hydrogens is 481 g/mol. The number of aliphatic hydroxyl groups is 1. The maximum Gasteiger partial charge on any atom is 0.266 e. The predicted octanol–water partition coefficient (Wildman–Crippen LogP) is 5.73. The summed E-state index contributed by atoms with van der Waals surface area (Å²) in [6, 6.07) is 4.87. The van der Waals surface area contributed by atoms with Gasteiger partial charge in [0.1, 0.15) is 12.1 Å². The van der Waals surface area contributed by atoms with Crippen molar-refractivity contribution in [2.45, 2.75) is 75.9 Å². The van der Waals surface area contributed by atoms with E-state index in [0.717, 1.165) is 62.2 Å². The van der Waals surface area contributed by atoms with Gasteiger partial charge in [0, 0.05) is 17.3 Å². The minimum atomic E-state index is -2.93. The standard InChI is InChI=1S/C28H31F3N4O2/c1-15(21-3-2-4-22(24(21)29)25(30)31)34-27(36)19-10-23(26-32-14-33-35(26)13-19)17-7-5-16(6-8-17)18-9-20-12-28(20,37)11-18/h2-4,10,13-18,20,25,37H,5-9,11-12H2,1H3,(H,34,36)/t15-,16?,17?,18?,20?,28?/m1/s1. The van der Waals surface area contributed by atoms with Gasteiger partial charge in [0.2, 0.25) is 0 Å². The third-order valence-corrected chi connectivity index (χ3v) is 9.05. The lowest BCUT2D eigenvalue weighted by Crippen LogP contribution is -2.28. The molecule has 6 nitrogen and oxygen atoms in total. The van der Waals surface area contributed by atoms with E-state index >= 15 is 0 Å². The maximum absolute atomic E-state index is 14.6. The van der Waals surface area contributed by atoms with E-state index in [1.807, 2.05) is 6.07 Å². The summed E-state index contributed by atoms with van der Waals surface area (Å²) in [5.74, 6) is 0.567. The first-order chi connectivity index (χ1) is 17.7. The number of rotatable bonds is 6. The lowest BCUT2D eigenvalue weighted by molar-refractivity contribution is 0.0938. The Morgan fingerprint density at radius 3 is 2.62 bits per heavy atom. The van der Waals surface area contributed by atoms with Gasteiger partial charge in [0.15, 0.2) is 5.65 Å². The fraction of sp³-hybridized carbons (Fsp3) is 0.536. The van der Waals surface area contributed by atoms with E-state index < -0.39 is 29.8 Å². The quantitative estimate of drug-likeness (QED) is 0.442. The number of alkyl halides is 2. The number of carbonyl (C=O) groups excluding carboxylic acids is 1. The number of amides is 1. The molecule has 9 heteroatoms. The summed E-state index contributed by atoms with van der Waals surface area (Å²) in [7, 11) is 0. The number of fused-ring (bicyclic) bond motifs is 2. The van der Waals surface area contributed by atoms with Crippen LogP contribution in [0.25, 0.3) is 5.65 Å². The van der Waals surface area contributed by atoms with Gasteiger partial charge in [-0.15, -0.1) is 0 Å². The summed E-state index contributed by atoms with van der Waals surface area (Å²) in [5, 5.41) is 17.5. The zero-order valence-corrected chi connectivity index (χ0v) is 20.7. The topological polar surface area (TPSA) is 79.5 Å². The molecule has 0 saturated heterocycles. The van der Waals surface area contributed by atoms with Crippen LogP contribution in [0.15, 0.2) is 36.8 Å². The highest BCUT2D eigenvalue weighted by molar-refractivity contribution is 5.94. The summed E-state index contributed by atoms with van der Waals surface area (Å²) in [6.45, 7) is 1.57. The Bertz CT molecular complexity index is 1340. The molecule has 1 amide bonds. The Hall–Kier alpha value is -2.94. The Labute approximate surface area is 213 Å². The largest absolute Gasteiger partial charge is 0.390 e. The van der Waals surface area contributed by atoms with Crippen molar-refractivity contribution in [1.29, 1.82) is 0 Å². The molecule has 3 aliphatic rings. The summed E-state index contributed by atoms with van der Waals surface area (Å²) < 4.78 is 42.5. The second kappa shape index (κ2) is 9.11. The Kier molecular flexibility index (Phi) is 6.01. The van der Waals surface area contributed by atoms with Crippen LogP contribution in [0.4, 0.5) is 13.2 Å². The number of halogens is 3. The van der Waals surface area contributed by atoms with Crippen molar-refractivity contribution < 1.29 is 23.1 Å². The SMILES string of the molecule is C[C@@H](NC(=O)c1cc(C2CCC(C3CC4CC4(O)C3)CC2)c2ncnn2c1)c1cccc(C(F)F)c1F. The maximum atomic E-state index is 14.6. The molecule has 0 aliphatic heterocycles. The fourth-order valence-electron chi connectivity index (χ4n) is 6.89. The van der Waals surface area contributed by atoms with Gasteiger partial charge in [0.05, 0.1) is 22.8 Å². The summed E-state index contributed by atoms with van der Waals surface area (Å²) in [4.78, 5) is 17.6. The van der Waals surface area contributed by atoms with Crippen LogP contribution in [-0.2, 0) is 0 Å². The highest BCUT2D eigenvalue weighted by atomic mass is 19.3. The molecule has 3 aromatic rings. The average Bonchev–Trinajstić information content (AvgIpc) is 3.19. The second-order valence-corrected chi connectivity index (χ2v) is 11.3. The second-order valence-electron chi connectivity index (χ2n) is 11.3. The lowest BCUT2D eigenvalue weighted by Gasteiger charge is -2.33. The normalized spacial score (nSPS) is 29.9. The highest BCUT2D eigenvalue weighted by Gasteiger charge is 2.60. The van der Waals surface area contributed by atoms with Gasteiger partial charge in [-0.1, -0.05) is 18.2 Å². The van der Waals surface area contributed by atoms with Crippen molar-refractivity contribution in [2.24, 2.45) is 17.8 Å². The van der Waals surface area contributed by atoms with Gasteiger partial charge >= 0.3 is 0 Å². The van der Waals surface area contributed by atoms with E-state index in [1.165, 1.54) is 18.5 Å². The summed E-state index contributed by atoms with van der Waals surface area (Å²) in [6.07, 6.45) is 7.34. The van der Waals surface area contributed by atoms with E-state index in [-0.39, 0.29) is 17.1 Å². The average molecular weight is 513 g/mol. The number of hydrogen-bond donors (Lipinski definition) is 2. The van der Waals surface area contributed by atoms with Crippen molar-refractivity contribution in [3.05, 3.63) is 64.9 Å². The Morgan fingerprint density at radius 1 is 1.16 bits per heavy atom. The molecule has 3 fully saturated rings. The molecule has 0 bridgehead atoms. The first kappa shape index (κ1) is 24.4. The summed E-state index contributed by atoms with van der Waals surface area (Å²) in [5.41, 5.74) is 1.02. The minimum absolute atomic E-state index is 0.0146. The van der Waals surface area contributed by atoms with Crippen molar-refractivity contribution >= 4 is 11.6 Å². The molecule has 4 atom stereocenters. The number of pyridine rings is 1. The van der Waals surface area contributed by atoms with E-state index in [9.17, 15) is 23.1 Å². The number of nitrogens with zero attached hydrogens (tertiary/aromatic N) is 3. The van der Waals surface area contributed by atoms with Gasteiger partial charge in [0.25, 0.3) is 12.3 Å². The molecule has 2 N–H and O–H groups in total. The van der Waals surface area contributed by atoms with E-state index in [2.05, 4.69) is 15.4 Å². The Balaban J connectivity index is 1.18. The van der Waals surface area contributed by atoms with Crippen LogP contribution in [-0.4, -0.2) is 31.2 Å². The monoisotopic (exact) mass is 512 g/mol. The van der Waals surface area contributed by atoms with E-state index in [1.54, 1.807) is 17.6 Å². The molecule has 2 heterocycles. The first-order valence-corrected chi connectivity index (χ1v) is 13.2. The molecule has 37 heavy (non-hydrogen) atoms. The number of benzene rings is 1. The van der Waals surface area contributed by atoms with Crippen LogP contribution < -0.4 is 5.32 Å². The third-order valence-electron chi connectivity index (χ3n) is 9.05. The number of aromatic nitrogens is 3. The van der Waals surface area contributed by atoms with Gasteiger partial charge in [-0.25, -0.2) is 22.7 Å². The van der Waals surface area contributed by atoms with Crippen molar-refractivity contribution in [1.82, 2.24) is 19.9 Å². The van der Waals surface area contributed by atoms with Crippen molar-refractivity contribution in [3.63, 3.8) is 0 Å². The zero-order chi connectivity index (χ0) is 25.9. The molecule has 196 valence electrons. The number of hydrogen-bond acceptors (Lipinski definition) is 4. The minimum Gasteiger partial charge on any atom is -0.390 e. The third kappa shape index (κ3) is 4.41. The molecule has 0 radical (unpaired) electrons. The van der Waals surface area contributed by atoms with Gasteiger partial charge < -0.3 is 10.4 Å². The molecular formula is C28H31F3N4O2. The first-order valence-electron chi connectivity index (χ1n) is 13.2. The van der Waals surface area contributed by atoms with Crippen LogP contribution in [0.2, 0.25) is 0 Å². The predicted molar refractivity (Wildman–Crippen MR) is 131 cm³/mol. The number of carbonyl (C=O) groups is 1. The highest BCUT2D eigenvalue weighted by Crippen LogP contribution is 2.61. The molecule has 3 unspecified atom stereocenters. The van der Waals surface area contributed by atoms with Crippen molar-refractivity contribution in [3.8, 4) is 0 Å². The van der Waals surface area contributed by atoms with Crippen LogP contribution in [0.1, 0.15) is 97.3 Å². The van der Waals surface area contributed by atoms with Crippen LogP contribution >= 0.6 is 0 Å². The van der Waals surface area contributed by atoms with E-state index in [4.69, 9.17) is 0 Å². The molecule has 6 rings (SSSR count). The molecule has 1 aromatic carbocycles. The number of nitrogens with one attached hydrogen (secondary N) is 1. The zero-order valence-electron chi connectivity index (χ0n) is 20.7. The smallest absolute Gasteiger partial charge is 0.266 e. The van der Waals surface area contributed by atoms with Crippen molar-refractivity contribution in [2.75, 3.05) is 0 Å². The lowest BCUT2D eigenvalue weighted by atomic mass is 9.72. The molecule has 2 aromatic heterocycles. The molecule has 3 aliphatic carbocycles. The Morgan fingerprint density at radius 2 is 1.92 bits per heavy atom. The van der Waals surface area contributed by atoms with Crippen LogP contribution in [0.5, 0.6) is 0 Å². The van der Waals surface area contributed by atoms with Gasteiger partial charge in [-0.05, 0) is 81.6 Å². The van der Waals surface area contributed by atoms with Crippen LogP contribution in [0, 0.1) is 23.6 Å². The molecule has 3 saturated carbocycles. The van der Waals surface area contributed by atoms with Gasteiger partial charge in [-0.2, -0.15) is 5.10 Å². The van der Waals surface area contributed by atoms with Crippen LogP contribution in [0.3, 0.4) is 0 Å². The summed E-state index contributed by atoms with van der Waals surface area (Å²) >= 11 is 0. The van der Waals surface area contributed by atoms with E-state index in [0.29, 0.717) is 23.3 Å². The molecule has 0 spiro atoms. The van der Waals surface area contributed by atoms with Gasteiger partial charge in [-0.3, -0.25) is 4.79 Å². The fourth-order valence-corrected chi connectivity index (χ4v) is 6.89.